The van der Waals surface area contributed by atoms with E-state index in [2.05, 4.69) is 20.8 Å². The smallest absolute Gasteiger partial charge is 0.353 e. The Morgan fingerprint density at radius 1 is 1.16 bits per heavy atom. The number of thioether (sulfide) groups is 1. The van der Waals surface area contributed by atoms with Crippen molar-refractivity contribution >= 4 is 29.3 Å². The summed E-state index contributed by atoms with van der Waals surface area (Å²) in [6.45, 7) is 2.36. The Morgan fingerprint density at radius 2 is 1.91 bits per heavy atom. The molecule has 32 heavy (non-hydrogen) atoms. The molecule has 1 fully saturated rings. The number of nitrogens with zero attached hydrogens (tertiary/aromatic N) is 3. The highest BCUT2D eigenvalue weighted by molar-refractivity contribution is 7.99. The maximum absolute atomic E-state index is 12.8. The van der Waals surface area contributed by atoms with Crippen molar-refractivity contribution in [2.75, 3.05) is 11.1 Å². The fourth-order valence-electron chi connectivity index (χ4n) is 3.64. The maximum atomic E-state index is 12.8. The van der Waals surface area contributed by atoms with Gasteiger partial charge < -0.3 is 15.2 Å². The predicted molar refractivity (Wildman–Crippen MR) is 115 cm³/mol. The Bertz CT molecular complexity index is 942. The molecule has 7 nitrogen and oxygen atoms in total. The monoisotopic (exact) mass is 469 g/mol. The van der Waals surface area contributed by atoms with Gasteiger partial charge in [0.15, 0.2) is 5.16 Å². The molecular formula is C21H26F3N5O2S. The number of nitrogens with one attached hydrogen (secondary N) is 2. The van der Waals surface area contributed by atoms with Gasteiger partial charge in [0.05, 0.1) is 17.7 Å². The van der Waals surface area contributed by atoms with Gasteiger partial charge in [-0.1, -0.05) is 37.1 Å². The van der Waals surface area contributed by atoms with Gasteiger partial charge in [-0.2, -0.15) is 13.2 Å². The van der Waals surface area contributed by atoms with Crippen LogP contribution in [0.2, 0.25) is 0 Å². The second-order valence-corrected chi connectivity index (χ2v) is 8.58. The maximum Gasteiger partial charge on any atom is 0.416 e. The van der Waals surface area contributed by atoms with Crippen molar-refractivity contribution in [3.8, 4) is 0 Å². The van der Waals surface area contributed by atoms with Gasteiger partial charge in [-0.25, -0.2) is 0 Å². The summed E-state index contributed by atoms with van der Waals surface area (Å²) in [7, 11) is 0. The highest BCUT2D eigenvalue weighted by atomic mass is 32.2. The van der Waals surface area contributed by atoms with Crippen molar-refractivity contribution < 1.29 is 22.8 Å². The second kappa shape index (κ2) is 10.8. The SMILES string of the molecule is CCn1c(CC(=O)Nc2cccc(C(F)(F)F)c2)nnc1SCC(=O)NC1CCCCC1. The van der Waals surface area contributed by atoms with Crippen LogP contribution >= 0.6 is 11.8 Å². The van der Waals surface area contributed by atoms with Crippen molar-refractivity contribution in [1.29, 1.82) is 0 Å². The van der Waals surface area contributed by atoms with E-state index in [1.54, 1.807) is 4.57 Å². The number of benzene rings is 1. The minimum Gasteiger partial charge on any atom is -0.353 e. The molecule has 3 rings (SSSR count). The van der Waals surface area contributed by atoms with Gasteiger partial charge in [0.25, 0.3) is 0 Å². The zero-order valence-corrected chi connectivity index (χ0v) is 18.6. The lowest BCUT2D eigenvalue weighted by Crippen LogP contribution is -2.37. The molecule has 2 aromatic rings. The molecule has 1 heterocycles. The van der Waals surface area contributed by atoms with E-state index in [0.29, 0.717) is 17.5 Å². The van der Waals surface area contributed by atoms with Gasteiger partial charge in [0.1, 0.15) is 5.82 Å². The first-order valence-corrected chi connectivity index (χ1v) is 11.6. The number of halogens is 3. The van der Waals surface area contributed by atoms with Gasteiger partial charge in [-0.15, -0.1) is 10.2 Å². The highest BCUT2D eigenvalue weighted by Crippen LogP contribution is 2.30. The molecule has 1 aromatic heterocycles. The van der Waals surface area contributed by atoms with E-state index in [-0.39, 0.29) is 29.8 Å². The van der Waals surface area contributed by atoms with Crippen molar-refractivity contribution in [2.24, 2.45) is 0 Å². The molecule has 174 valence electrons. The molecule has 0 radical (unpaired) electrons. The average Bonchev–Trinajstić information content (AvgIpc) is 3.13. The van der Waals surface area contributed by atoms with Gasteiger partial charge in [-0.3, -0.25) is 9.59 Å². The third kappa shape index (κ3) is 6.72. The zero-order valence-electron chi connectivity index (χ0n) is 17.7. The Hall–Kier alpha value is -2.56. The van der Waals surface area contributed by atoms with Crippen LogP contribution in [0.1, 0.15) is 50.4 Å². The van der Waals surface area contributed by atoms with Crippen molar-refractivity contribution in [1.82, 2.24) is 20.1 Å². The zero-order chi connectivity index (χ0) is 23.1. The molecular weight excluding hydrogens is 443 g/mol. The summed E-state index contributed by atoms with van der Waals surface area (Å²) in [5.74, 6) is 0.0204. The van der Waals surface area contributed by atoms with Crippen LogP contribution in [0.3, 0.4) is 0 Å². The van der Waals surface area contributed by atoms with Crippen LogP contribution in [0.4, 0.5) is 18.9 Å². The lowest BCUT2D eigenvalue weighted by molar-refractivity contribution is -0.137. The molecule has 11 heteroatoms. The fraction of sp³-hybridized carbons (Fsp3) is 0.524. The number of aromatic nitrogens is 3. The fourth-order valence-corrected chi connectivity index (χ4v) is 4.48. The second-order valence-electron chi connectivity index (χ2n) is 7.64. The third-order valence-electron chi connectivity index (χ3n) is 5.20. The first-order chi connectivity index (χ1) is 15.3. The molecule has 0 unspecified atom stereocenters. The Balaban J connectivity index is 1.56. The largest absolute Gasteiger partial charge is 0.416 e. The molecule has 1 saturated carbocycles. The van der Waals surface area contributed by atoms with Gasteiger partial charge in [0, 0.05) is 18.3 Å². The summed E-state index contributed by atoms with van der Waals surface area (Å²) in [4.78, 5) is 24.6. The van der Waals surface area contributed by atoms with Crippen LogP contribution < -0.4 is 10.6 Å². The van der Waals surface area contributed by atoms with Crippen molar-refractivity contribution in [3.05, 3.63) is 35.7 Å². The Kier molecular flexibility index (Phi) is 8.16. The quantitative estimate of drug-likeness (QED) is 0.570. The molecule has 1 aliphatic rings. The minimum atomic E-state index is -4.49. The summed E-state index contributed by atoms with van der Waals surface area (Å²) in [5, 5.41) is 14.2. The molecule has 0 bridgehead atoms. The normalized spacial score (nSPS) is 14.9. The van der Waals surface area contributed by atoms with Gasteiger partial charge in [0.2, 0.25) is 11.8 Å². The van der Waals surface area contributed by atoms with E-state index >= 15 is 0 Å². The van der Waals surface area contributed by atoms with Crippen LogP contribution in [-0.4, -0.2) is 38.4 Å². The standard InChI is InChI=1S/C21H26F3N5O2S/c1-2-29-17(12-18(30)26-16-10-6-7-14(11-16)21(22,23)24)27-28-20(29)32-13-19(31)25-15-8-4-3-5-9-15/h6-7,10-11,15H,2-5,8-9,12-13H2,1H3,(H,25,31)(H,26,30). The van der Waals surface area contributed by atoms with Gasteiger partial charge in [-0.05, 0) is 38.0 Å². The van der Waals surface area contributed by atoms with Crippen LogP contribution in [0.5, 0.6) is 0 Å². The number of alkyl halides is 3. The van der Waals surface area contributed by atoms with E-state index in [9.17, 15) is 22.8 Å². The van der Waals surface area contributed by atoms with Crippen LogP contribution in [-0.2, 0) is 28.7 Å². The third-order valence-corrected chi connectivity index (χ3v) is 6.17. The Labute approximate surface area is 188 Å². The molecule has 0 saturated heterocycles. The van der Waals surface area contributed by atoms with E-state index in [1.807, 2.05) is 6.92 Å². The van der Waals surface area contributed by atoms with Crippen LogP contribution in [0.25, 0.3) is 0 Å². The molecule has 2 N–H and O–H groups in total. The number of amides is 2. The summed E-state index contributed by atoms with van der Waals surface area (Å²) in [5.41, 5.74) is -0.779. The highest BCUT2D eigenvalue weighted by Gasteiger charge is 2.30. The molecule has 1 aromatic carbocycles. The number of hydrogen-bond acceptors (Lipinski definition) is 5. The molecule has 0 aliphatic heterocycles. The summed E-state index contributed by atoms with van der Waals surface area (Å²) >= 11 is 1.25. The number of carbonyl (C=O) groups is 2. The van der Waals surface area contributed by atoms with E-state index in [4.69, 9.17) is 0 Å². The first kappa shape index (κ1) is 24.1. The topological polar surface area (TPSA) is 88.9 Å². The van der Waals surface area contributed by atoms with Crippen LogP contribution in [0.15, 0.2) is 29.4 Å². The predicted octanol–water partition coefficient (Wildman–Crippen LogP) is 4.04. The first-order valence-electron chi connectivity index (χ1n) is 10.6. The number of anilines is 1. The lowest BCUT2D eigenvalue weighted by atomic mass is 9.95. The van der Waals surface area contributed by atoms with Crippen molar-refractivity contribution in [3.63, 3.8) is 0 Å². The van der Waals surface area contributed by atoms with Gasteiger partial charge >= 0.3 is 6.18 Å². The van der Waals surface area contributed by atoms with Crippen LogP contribution in [0, 0.1) is 0 Å². The summed E-state index contributed by atoms with van der Waals surface area (Å²) in [6, 6.07) is 4.69. The number of rotatable bonds is 8. The minimum absolute atomic E-state index is 0.0568. The molecule has 2 amide bonds. The summed E-state index contributed by atoms with van der Waals surface area (Å²) < 4.78 is 40.3. The molecule has 1 aliphatic carbocycles. The number of carbonyl (C=O) groups excluding carboxylic acids is 2. The van der Waals surface area contributed by atoms with Crippen molar-refractivity contribution in [2.45, 2.75) is 69.4 Å². The lowest BCUT2D eigenvalue weighted by Gasteiger charge is -2.22. The average molecular weight is 470 g/mol. The molecule has 0 spiro atoms. The van der Waals surface area contributed by atoms with E-state index in [1.165, 1.54) is 30.3 Å². The van der Waals surface area contributed by atoms with E-state index in [0.717, 1.165) is 37.8 Å². The molecule has 0 atom stereocenters. The summed E-state index contributed by atoms with van der Waals surface area (Å²) in [6.07, 6.45) is 0.858. The Morgan fingerprint density at radius 3 is 2.59 bits per heavy atom. The number of hydrogen-bond donors (Lipinski definition) is 2. The van der Waals surface area contributed by atoms with E-state index < -0.39 is 17.6 Å².